The lowest BCUT2D eigenvalue weighted by Gasteiger charge is -2.28. The highest BCUT2D eigenvalue weighted by atomic mass is 31.2. The number of nitrogens with zero attached hydrogens (tertiary/aromatic N) is 1. The Morgan fingerprint density at radius 1 is 0.689 bits per heavy atom. The van der Waals surface area contributed by atoms with Crippen molar-refractivity contribution in [1.29, 1.82) is 0 Å². The minimum Gasteiger partial charge on any atom is -0.756 e. The van der Waals surface area contributed by atoms with Crippen molar-refractivity contribution in [2.45, 2.75) is 142 Å². The Morgan fingerprint density at radius 3 is 1.84 bits per heavy atom. The Morgan fingerprint density at radius 2 is 1.24 bits per heavy atom. The zero-order valence-corrected chi connectivity index (χ0v) is 30.2. The van der Waals surface area contributed by atoms with Crippen LogP contribution in [0.2, 0.25) is 0 Å². The highest BCUT2D eigenvalue weighted by Crippen LogP contribution is 2.38. The second-order valence-corrected chi connectivity index (χ2v) is 14.3. The topological polar surface area (TPSA) is 111 Å². The van der Waals surface area contributed by atoms with Gasteiger partial charge in [0.25, 0.3) is 7.82 Å². The molecule has 0 aromatic rings. The molecular weight excluding hydrogens is 593 g/mol. The fourth-order valence-electron chi connectivity index (χ4n) is 4.40. The fraction of sp³-hybridized carbons (Fsp3) is 0.829. The van der Waals surface area contributed by atoms with Gasteiger partial charge in [-0.1, -0.05) is 109 Å². The maximum absolute atomic E-state index is 12.5. The minimum atomic E-state index is -4.61. The Hall–Kier alpha value is -1.51. The monoisotopic (exact) mass is 659 g/mol. The number of carbonyl (C=O) groups excluding carboxylic acids is 2. The lowest BCUT2D eigenvalue weighted by molar-refractivity contribution is -0.870. The minimum absolute atomic E-state index is 0.0327. The van der Waals surface area contributed by atoms with E-state index < -0.39 is 32.5 Å². The van der Waals surface area contributed by atoms with E-state index in [0.717, 1.165) is 64.2 Å². The third-order valence-corrected chi connectivity index (χ3v) is 8.17. The second-order valence-electron chi connectivity index (χ2n) is 12.9. The molecule has 2 unspecified atom stereocenters. The molecule has 0 saturated heterocycles. The molecule has 0 fully saturated rings. The van der Waals surface area contributed by atoms with Crippen LogP contribution in [0.3, 0.4) is 0 Å². The number of phosphoric ester groups is 1. The van der Waals surface area contributed by atoms with Crippen molar-refractivity contribution in [1.82, 2.24) is 0 Å². The van der Waals surface area contributed by atoms with Gasteiger partial charge in [-0.2, -0.15) is 0 Å². The molecule has 9 nitrogen and oxygen atoms in total. The van der Waals surface area contributed by atoms with Crippen molar-refractivity contribution in [3.05, 3.63) is 24.3 Å². The Balaban J connectivity index is 4.50. The first-order chi connectivity index (χ1) is 21.5. The normalized spacial score (nSPS) is 14.2. The van der Waals surface area contributed by atoms with Crippen molar-refractivity contribution in [3.63, 3.8) is 0 Å². The summed E-state index contributed by atoms with van der Waals surface area (Å²) in [5, 5.41) is 0. The molecule has 0 bridgehead atoms. The maximum Gasteiger partial charge on any atom is 0.306 e. The summed E-state index contributed by atoms with van der Waals surface area (Å²) in [6, 6.07) is 0. The van der Waals surface area contributed by atoms with Gasteiger partial charge < -0.3 is 27.9 Å². The second kappa shape index (κ2) is 28.7. The van der Waals surface area contributed by atoms with Crippen molar-refractivity contribution in [2.75, 3.05) is 47.5 Å². The highest BCUT2D eigenvalue weighted by Gasteiger charge is 2.21. The molecule has 10 heteroatoms. The van der Waals surface area contributed by atoms with Gasteiger partial charge in [-0.05, 0) is 38.5 Å². The van der Waals surface area contributed by atoms with Gasteiger partial charge in [-0.3, -0.25) is 14.2 Å². The summed E-state index contributed by atoms with van der Waals surface area (Å²) in [5.74, 6) is -0.859. The van der Waals surface area contributed by atoms with Gasteiger partial charge in [0.1, 0.15) is 19.8 Å². The van der Waals surface area contributed by atoms with Crippen LogP contribution in [-0.2, 0) is 32.7 Å². The van der Waals surface area contributed by atoms with Gasteiger partial charge in [0.05, 0.1) is 27.7 Å². The Bertz CT molecular complexity index is 840. The van der Waals surface area contributed by atoms with Crippen LogP contribution in [0.5, 0.6) is 0 Å². The zero-order chi connectivity index (χ0) is 33.7. The van der Waals surface area contributed by atoms with Crippen molar-refractivity contribution in [2.24, 2.45) is 0 Å². The third-order valence-electron chi connectivity index (χ3n) is 7.21. The van der Waals surface area contributed by atoms with E-state index in [-0.39, 0.29) is 26.1 Å². The Labute approximate surface area is 275 Å². The first-order valence-electron chi connectivity index (χ1n) is 17.5. The number of carbonyl (C=O) groups is 2. The summed E-state index contributed by atoms with van der Waals surface area (Å²) in [7, 11) is 1.15. The molecule has 0 aliphatic rings. The van der Waals surface area contributed by atoms with Crippen LogP contribution >= 0.6 is 7.82 Å². The molecule has 0 rings (SSSR count). The molecule has 45 heavy (non-hydrogen) atoms. The predicted molar refractivity (Wildman–Crippen MR) is 181 cm³/mol. The summed E-state index contributed by atoms with van der Waals surface area (Å²) in [6.07, 6.45) is 26.4. The van der Waals surface area contributed by atoms with Crippen LogP contribution in [0, 0.1) is 0 Å². The lowest BCUT2D eigenvalue weighted by atomic mass is 10.1. The molecule has 0 aliphatic carbocycles. The number of likely N-dealkylation sites (N-methyl/N-ethyl adjacent to an activating group) is 1. The van der Waals surface area contributed by atoms with Gasteiger partial charge >= 0.3 is 11.9 Å². The molecule has 264 valence electrons. The first kappa shape index (κ1) is 43.5. The smallest absolute Gasteiger partial charge is 0.306 e. The molecule has 0 saturated carbocycles. The van der Waals surface area contributed by atoms with Crippen molar-refractivity contribution in [3.8, 4) is 0 Å². The number of ether oxygens (including phenoxy) is 2. The zero-order valence-electron chi connectivity index (χ0n) is 29.3. The van der Waals surface area contributed by atoms with Crippen LogP contribution in [0.1, 0.15) is 136 Å². The first-order valence-corrected chi connectivity index (χ1v) is 19.0. The SMILES string of the molecule is CCC/C=C\C/C=C\CCCCCCCC(=O)OC(COC(=O)CCCCCCCCCC)COP(=O)([O-])OCC[N+](C)(C)C. The molecule has 0 spiro atoms. The van der Waals surface area contributed by atoms with E-state index >= 15 is 0 Å². The molecule has 2 atom stereocenters. The Kier molecular flexibility index (Phi) is 27.7. The van der Waals surface area contributed by atoms with Crippen molar-refractivity contribution >= 4 is 19.8 Å². The molecular formula is C35H66NO8P. The van der Waals surface area contributed by atoms with Crippen LogP contribution in [0.4, 0.5) is 0 Å². The molecule has 0 aromatic heterocycles. The number of rotatable bonds is 31. The summed E-state index contributed by atoms with van der Waals surface area (Å²) >= 11 is 0. The third kappa shape index (κ3) is 32.2. The van der Waals surface area contributed by atoms with E-state index in [9.17, 15) is 19.0 Å². The fourth-order valence-corrected chi connectivity index (χ4v) is 5.12. The van der Waals surface area contributed by atoms with Gasteiger partial charge in [-0.25, -0.2) is 0 Å². The van der Waals surface area contributed by atoms with Crippen LogP contribution in [-0.4, -0.2) is 70.0 Å². The van der Waals surface area contributed by atoms with Gasteiger partial charge in [-0.15, -0.1) is 0 Å². The molecule has 0 heterocycles. The van der Waals surface area contributed by atoms with Gasteiger partial charge in [0, 0.05) is 12.8 Å². The van der Waals surface area contributed by atoms with Gasteiger partial charge in [0.2, 0.25) is 0 Å². The average Bonchev–Trinajstić information content (AvgIpc) is 2.97. The number of hydrogen-bond donors (Lipinski definition) is 0. The van der Waals surface area contributed by atoms with Crippen LogP contribution in [0.15, 0.2) is 24.3 Å². The summed E-state index contributed by atoms with van der Waals surface area (Å²) in [5.41, 5.74) is 0. The number of hydrogen-bond acceptors (Lipinski definition) is 8. The number of unbranched alkanes of at least 4 members (excludes halogenated alkanes) is 13. The summed E-state index contributed by atoms with van der Waals surface area (Å²) < 4.78 is 33.6. The number of quaternary nitrogens is 1. The quantitative estimate of drug-likeness (QED) is 0.0241. The standard InChI is InChI=1S/C35H66NO8P/c1-6-8-10-12-14-16-17-18-19-20-22-24-26-28-35(38)44-33(32-43-45(39,40)42-30-29-36(3,4)5)31-41-34(37)27-25-23-21-15-13-11-9-7-2/h10,12,16-17,33H,6-9,11,13-15,18-32H2,1-5H3/b12-10-,17-16-. The average molecular weight is 660 g/mol. The van der Waals surface area contributed by atoms with E-state index in [4.69, 9.17) is 18.5 Å². The van der Waals surface area contributed by atoms with Crippen LogP contribution < -0.4 is 4.89 Å². The highest BCUT2D eigenvalue weighted by molar-refractivity contribution is 7.45. The molecule has 0 aliphatic heterocycles. The number of phosphoric acid groups is 1. The van der Waals surface area contributed by atoms with E-state index in [0.29, 0.717) is 17.4 Å². The van der Waals surface area contributed by atoms with E-state index in [1.807, 2.05) is 21.1 Å². The van der Waals surface area contributed by atoms with E-state index in [1.54, 1.807) is 0 Å². The molecule has 0 aromatic carbocycles. The molecule has 0 amide bonds. The molecule has 0 N–H and O–H groups in total. The lowest BCUT2D eigenvalue weighted by Crippen LogP contribution is -2.37. The predicted octanol–water partition coefficient (Wildman–Crippen LogP) is 8.21. The van der Waals surface area contributed by atoms with Crippen LogP contribution in [0.25, 0.3) is 0 Å². The van der Waals surface area contributed by atoms with E-state index in [1.165, 1.54) is 38.5 Å². The summed E-state index contributed by atoms with van der Waals surface area (Å²) in [6.45, 7) is 4.08. The number of esters is 2. The summed E-state index contributed by atoms with van der Waals surface area (Å²) in [4.78, 5) is 37.1. The van der Waals surface area contributed by atoms with E-state index in [2.05, 4.69) is 38.2 Å². The maximum atomic E-state index is 12.5. The molecule has 0 radical (unpaired) electrons. The van der Waals surface area contributed by atoms with Crippen molar-refractivity contribution < 1.29 is 42.1 Å². The van der Waals surface area contributed by atoms with Gasteiger partial charge in [0.15, 0.2) is 6.10 Å². The largest absolute Gasteiger partial charge is 0.756 e. The number of allylic oxidation sites excluding steroid dienone is 4.